The molecule has 4 heteroatoms. The Bertz CT molecular complexity index is 581. The average Bonchev–Trinajstić information content (AvgIpc) is 2.46. The van der Waals surface area contributed by atoms with Gasteiger partial charge in [-0.1, -0.05) is 31.5 Å². The van der Waals surface area contributed by atoms with Gasteiger partial charge in [-0.15, -0.1) is 0 Å². The molecule has 0 bridgehead atoms. The van der Waals surface area contributed by atoms with Crippen LogP contribution in [0, 0.1) is 0 Å². The second-order valence-corrected chi connectivity index (χ2v) is 4.31. The molecule has 1 amide bonds. The fraction of sp³-hybridized carbons (Fsp3) is 0.333. The van der Waals surface area contributed by atoms with Crippen molar-refractivity contribution < 1.29 is 9.53 Å². The van der Waals surface area contributed by atoms with E-state index in [9.17, 15) is 4.79 Å². The molecule has 0 unspecified atom stereocenters. The van der Waals surface area contributed by atoms with Gasteiger partial charge in [-0.05, 0) is 12.5 Å². The van der Waals surface area contributed by atoms with E-state index in [1.807, 2.05) is 24.3 Å². The number of para-hydroxylation sites is 1. The minimum Gasteiger partial charge on any atom is -0.478 e. The van der Waals surface area contributed by atoms with Crippen molar-refractivity contribution in [2.24, 2.45) is 0 Å². The number of rotatable bonds is 5. The van der Waals surface area contributed by atoms with Crippen molar-refractivity contribution in [2.75, 3.05) is 13.7 Å². The highest BCUT2D eigenvalue weighted by Crippen LogP contribution is 2.22. The monoisotopic (exact) mass is 258 g/mol. The standard InChI is InChI=1S/C15H18N2O2/c1-3-4-9-19-14-10-12(15(18)16-2)11-7-5-6-8-13(11)17-14/h5-8,10H,3-4,9H2,1-2H3,(H,16,18). The molecule has 19 heavy (non-hydrogen) atoms. The molecular weight excluding hydrogens is 240 g/mol. The molecule has 0 atom stereocenters. The number of hydrogen-bond acceptors (Lipinski definition) is 3. The molecule has 2 rings (SSSR count). The number of nitrogens with one attached hydrogen (secondary N) is 1. The summed E-state index contributed by atoms with van der Waals surface area (Å²) >= 11 is 0. The number of carbonyl (C=O) groups excluding carboxylic acids is 1. The summed E-state index contributed by atoms with van der Waals surface area (Å²) in [6, 6.07) is 9.28. The maximum Gasteiger partial charge on any atom is 0.251 e. The molecule has 0 spiro atoms. The molecule has 0 fully saturated rings. The predicted molar refractivity (Wildman–Crippen MR) is 75.5 cm³/mol. The van der Waals surface area contributed by atoms with Gasteiger partial charge in [0.05, 0.1) is 17.7 Å². The molecule has 1 N–H and O–H groups in total. The lowest BCUT2D eigenvalue weighted by molar-refractivity contribution is 0.0964. The lowest BCUT2D eigenvalue weighted by Gasteiger charge is -2.09. The van der Waals surface area contributed by atoms with E-state index in [1.165, 1.54) is 0 Å². The Morgan fingerprint density at radius 2 is 2.16 bits per heavy atom. The molecule has 0 aliphatic heterocycles. The zero-order chi connectivity index (χ0) is 13.7. The van der Waals surface area contributed by atoms with Crippen LogP contribution >= 0.6 is 0 Å². The smallest absolute Gasteiger partial charge is 0.251 e. The highest BCUT2D eigenvalue weighted by molar-refractivity contribution is 6.06. The van der Waals surface area contributed by atoms with Crippen molar-refractivity contribution >= 4 is 16.8 Å². The van der Waals surface area contributed by atoms with E-state index in [2.05, 4.69) is 17.2 Å². The summed E-state index contributed by atoms with van der Waals surface area (Å²) < 4.78 is 5.60. The molecule has 0 aliphatic rings. The van der Waals surface area contributed by atoms with E-state index in [-0.39, 0.29) is 5.91 Å². The Morgan fingerprint density at radius 3 is 2.89 bits per heavy atom. The Morgan fingerprint density at radius 1 is 1.37 bits per heavy atom. The topological polar surface area (TPSA) is 51.2 Å². The lowest BCUT2D eigenvalue weighted by Crippen LogP contribution is -2.18. The Labute approximate surface area is 112 Å². The minimum atomic E-state index is -0.126. The van der Waals surface area contributed by atoms with Gasteiger partial charge in [-0.25, -0.2) is 4.98 Å². The van der Waals surface area contributed by atoms with Gasteiger partial charge >= 0.3 is 0 Å². The Hall–Kier alpha value is -2.10. The van der Waals surface area contributed by atoms with Crippen LogP contribution < -0.4 is 10.1 Å². The van der Waals surface area contributed by atoms with Gasteiger partial charge in [0.15, 0.2) is 0 Å². The molecule has 1 heterocycles. The summed E-state index contributed by atoms with van der Waals surface area (Å²) in [4.78, 5) is 16.3. The van der Waals surface area contributed by atoms with Crippen molar-refractivity contribution in [2.45, 2.75) is 19.8 Å². The molecule has 4 nitrogen and oxygen atoms in total. The molecular formula is C15H18N2O2. The van der Waals surface area contributed by atoms with Crippen molar-refractivity contribution in [1.29, 1.82) is 0 Å². The van der Waals surface area contributed by atoms with Crippen LogP contribution in [0.15, 0.2) is 30.3 Å². The SMILES string of the molecule is CCCCOc1cc(C(=O)NC)c2ccccc2n1. The number of carbonyl (C=O) groups is 1. The van der Waals surface area contributed by atoms with Gasteiger partial charge in [0.2, 0.25) is 5.88 Å². The number of fused-ring (bicyclic) bond motifs is 1. The van der Waals surface area contributed by atoms with Gasteiger partial charge in [-0.3, -0.25) is 4.79 Å². The Balaban J connectivity index is 2.41. The van der Waals surface area contributed by atoms with Gasteiger partial charge < -0.3 is 10.1 Å². The summed E-state index contributed by atoms with van der Waals surface area (Å²) in [5.41, 5.74) is 1.37. The third kappa shape index (κ3) is 3.02. The van der Waals surface area contributed by atoms with Gasteiger partial charge in [0.1, 0.15) is 0 Å². The quantitative estimate of drug-likeness (QED) is 0.839. The molecule has 0 aliphatic carbocycles. The summed E-state index contributed by atoms with van der Waals surface area (Å²) in [5, 5.41) is 3.48. The largest absolute Gasteiger partial charge is 0.478 e. The molecule has 0 saturated heterocycles. The first kappa shape index (κ1) is 13.3. The zero-order valence-corrected chi connectivity index (χ0v) is 11.3. The van der Waals surface area contributed by atoms with Gasteiger partial charge in [-0.2, -0.15) is 0 Å². The van der Waals surface area contributed by atoms with Crippen LogP contribution in [-0.4, -0.2) is 24.5 Å². The maximum atomic E-state index is 11.9. The fourth-order valence-corrected chi connectivity index (χ4v) is 1.87. The van der Waals surface area contributed by atoms with Gasteiger partial charge in [0, 0.05) is 18.5 Å². The maximum absolute atomic E-state index is 11.9. The summed E-state index contributed by atoms with van der Waals surface area (Å²) in [6.45, 7) is 2.72. The number of aromatic nitrogens is 1. The van der Waals surface area contributed by atoms with Crippen LogP contribution in [-0.2, 0) is 0 Å². The summed E-state index contributed by atoms with van der Waals surface area (Å²) in [6.07, 6.45) is 2.04. The summed E-state index contributed by atoms with van der Waals surface area (Å²) in [5.74, 6) is 0.379. The van der Waals surface area contributed by atoms with Crippen LogP contribution in [0.5, 0.6) is 5.88 Å². The Kier molecular flexibility index (Phi) is 4.34. The first-order valence-electron chi connectivity index (χ1n) is 6.51. The van der Waals surface area contributed by atoms with E-state index in [1.54, 1.807) is 13.1 Å². The molecule has 0 radical (unpaired) electrons. The zero-order valence-electron chi connectivity index (χ0n) is 11.3. The van der Waals surface area contributed by atoms with Crippen molar-refractivity contribution in [1.82, 2.24) is 10.3 Å². The van der Waals surface area contributed by atoms with Crippen LogP contribution in [0.25, 0.3) is 10.9 Å². The van der Waals surface area contributed by atoms with E-state index in [0.717, 1.165) is 23.7 Å². The molecule has 1 aromatic carbocycles. The fourth-order valence-electron chi connectivity index (χ4n) is 1.87. The van der Waals surface area contributed by atoms with Crippen molar-refractivity contribution in [3.05, 3.63) is 35.9 Å². The number of unbranched alkanes of at least 4 members (excludes halogenated alkanes) is 1. The van der Waals surface area contributed by atoms with E-state index in [0.29, 0.717) is 18.1 Å². The van der Waals surface area contributed by atoms with Gasteiger partial charge in [0.25, 0.3) is 5.91 Å². The minimum absolute atomic E-state index is 0.126. The first-order valence-corrected chi connectivity index (χ1v) is 6.51. The number of nitrogens with zero attached hydrogens (tertiary/aromatic N) is 1. The predicted octanol–water partition coefficient (Wildman–Crippen LogP) is 2.77. The number of benzene rings is 1. The number of ether oxygens (including phenoxy) is 1. The van der Waals surface area contributed by atoms with Crippen LogP contribution in [0.4, 0.5) is 0 Å². The number of pyridine rings is 1. The second-order valence-electron chi connectivity index (χ2n) is 4.31. The summed E-state index contributed by atoms with van der Waals surface area (Å²) in [7, 11) is 1.62. The molecule has 2 aromatic rings. The molecule has 1 aromatic heterocycles. The van der Waals surface area contributed by atoms with E-state index in [4.69, 9.17) is 4.74 Å². The molecule has 0 saturated carbocycles. The van der Waals surface area contributed by atoms with Crippen molar-refractivity contribution in [3.8, 4) is 5.88 Å². The lowest BCUT2D eigenvalue weighted by atomic mass is 10.1. The molecule has 100 valence electrons. The highest BCUT2D eigenvalue weighted by atomic mass is 16.5. The second kappa shape index (κ2) is 6.18. The van der Waals surface area contributed by atoms with Crippen molar-refractivity contribution in [3.63, 3.8) is 0 Å². The number of hydrogen-bond donors (Lipinski definition) is 1. The third-order valence-corrected chi connectivity index (χ3v) is 2.91. The average molecular weight is 258 g/mol. The van der Waals surface area contributed by atoms with E-state index < -0.39 is 0 Å². The van der Waals surface area contributed by atoms with Crippen LogP contribution in [0.3, 0.4) is 0 Å². The number of amides is 1. The normalized spacial score (nSPS) is 10.4. The van der Waals surface area contributed by atoms with Crippen LogP contribution in [0.2, 0.25) is 0 Å². The third-order valence-electron chi connectivity index (χ3n) is 2.91. The van der Waals surface area contributed by atoms with E-state index >= 15 is 0 Å². The first-order chi connectivity index (χ1) is 9.26. The van der Waals surface area contributed by atoms with Crippen LogP contribution in [0.1, 0.15) is 30.1 Å². The highest BCUT2D eigenvalue weighted by Gasteiger charge is 2.11.